The highest BCUT2D eigenvalue weighted by Crippen LogP contribution is 2.68. The first-order chi connectivity index (χ1) is 69.9. The van der Waals surface area contributed by atoms with Crippen LogP contribution in [-0.2, 0) is 90.9 Å². The zero-order valence-electron chi connectivity index (χ0n) is 81.4. The number of amides is 9. The molecule has 3 aromatic heterocycles. The number of methoxy groups -OCH3 is 2. The third-order valence-corrected chi connectivity index (χ3v) is 30.2. The smallest absolute Gasteiger partial charge is 0.327 e. The molecule has 4 aromatic carbocycles. The number of aliphatic hydroxyl groups excluding tert-OH is 1. The average Bonchev–Trinajstić information content (AvgIpc) is 1.48. The molecule has 4 fully saturated rings. The van der Waals surface area contributed by atoms with Gasteiger partial charge in [0.1, 0.15) is 53.5 Å². The van der Waals surface area contributed by atoms with Crippen LogP contribution in [0.25, 0.3) is 22.1 Å². The predicted octanol–water partition coefficient (Wildman–Crippen LogP) is -0.979. The maximum Gasteiger partial charge on any atom is 0.327 e. The van der Waals surface area contributed by atoms with Gasteiger partial charge in [0.15, 0.2) is 28.7 Å². The highest BCUT2D eigenvalue weighted by Gasteiger charge is 2.79. The van der Waals surface area contributed by atoms with Gasteiger partial charge in [-0.3, -0.25) is 87.9 Å². The fourth-order valence-corrected chi connectivity index (χ4v) is 23.2. The number of hydrazone groups is 1. The van der Waals surface area contributed by atoms with Crippen molar-refractivity contribution in [3.05, 3.63) is 153 Å². The number of nitrogens with zero attached hydrogens (tertiary/aromatic N) is 8. The first-order valence-corrected chi connectivity index (χ1v) is 49.1. The Morgan fingerprint density at radius 2 is 1.34 bits per heavy atom. The first kappa shape index (κ1) is 107. The Bertz CT molecular complexity index is 6470. The number of H-pyrrole nitrogens is 2. The molecule has 9 amide bonds. The van der Waals surface area contributed by atoms with E-state index in [1.54, 1.807) is 14.0 Å². The van der Waals surface area contributed by atoms with Crippen molar-refractivity contribution in [1.29, 1.82) is 10.8 Å². The minimum absolute atomic E-state index is 0.00647. The van der Waals surface area contributed by atoms with E-state index in [-0.39, 0.29) is 91.7 Å². The van der Waals surface area contributed by atoms with Crippen molar-refractivity contribution >= 4 is 157 Å². The van der Waals surface area contributed by atoms with Crippen molar-refractivity contribution in [2.24, 2.45) is 27.9 Å². The molecular weight excluding hydrogens is 1930 g/mol. The van der Waals surface area contributed by atoms with E-state index in [1.165, 1.54) is 68.9 Å². The van der Waals surface area contributed by atoms with Crippen molar-refractivity contribution in [1.82, 2.24) is 82.7 Å². The number of likely N-dealkylation sites (N-methyl/N-ethyl adjacent to an activating group) is 1. The second-order valence-electron chi connectivity index (χ2n) is 38.1. The number of nitrogen functional groups attached to an aromatic ring is 1. The molecule has 1 saturated carbocycles. The number of esters is 1. The molecule has 27 N–H and O–H groups in total. The van der Waals surface area contributed by atoms with E-state index >= 15 is 9.59 Å². The lowest BCUT2D eigenvalue weighted by molar-refractivity contribution is -0.203. The molecule has 3 saturated heterocycles. The Balaban J connectivity index is 0.621. The number of guanidine groups is 2. The van der Waals surface area contributed by atoms with Crippen LogP contribution in [0, 0.1) is 22.2 Å². The zero-order chi connectivity index (χ0) is 106. The van der Waals surface area contributed by atoms with Crippen LogP contribution in [0.15, 0.2) is 113 Å². The monoisotopic (exact) mass is 2050 g/mol. The Labute approximate surface area is 844 Å². The third kappa shape index (κ3) is 22.3. The number of nitrogens with two attached hydrogens (primary N) is 3. The molecular formula is C97H121N25O24S. The van der Waals surface area contributed by atoms with Crippen molar-refractivity contribution < 1.29 is 112 Å². The van der Waals surface area contributed by atoms with E-state index in [4.69, 9.17) is 37.5 Å². The summed E-state index contributed by atoms with van der Waals surface area (Å²) < 4.78 is 12.5. The van der Waals surface area contributed by atoms with E-state index < -0.39 is 232 Å². The number of ether oxygens (including phenoxy) is 2. The van der Waals surface area contributed by atoms with Gasteiger partial charge in [0.05, 0.1) is 73.8 Å². The number of anilines is 4. The van der Waals surface area contributed by atoms with Gasteiger partial charge in [0.25, 0.3) is 17.4 Å². The number of piperidine rings is 1. The molecule has 147 heavy (non-hydrogen) atoms. The maximum absolute atomic E-state index is 15.8. The number of aliphatic hydroxyl groups is 3. The summed E-state index contributed by atoms with van der Waals surface area (Å²) in [5.41, 5.74) is 16.3. The predicted molar refractivity (Wildman–Crippen MR) is 533 cm³/mol. The molecule has 7 aliphatic rings. The molecule has 784 valence electrons. The number of aromatic amines is 2. The van der Waals surface area contributed by atoms with Gasteiger partial charge in [-0.2, -0.15) is 10.1 Å². The van der Waals surface area contributed by atoms with Crippen molar-refractivity contribution in [3.63, 3.8) is 0 Å². The zero-order valence-corrected chi connectivity index (χ0v) is 82.2. The standard InChI is InChI=1S/C97H121N25O24S/c1-7-93(143)41-49-42-96(89(142)146-6,74-56(28-34-120(45-49)47-93)55-14-9-10-15-59(55)109-74)58-36-57-66(39-67(58)145-5)119(4)86-95(57)30-35-121-33-13-29-94(8-2,85(95)121)87(140)97(86,144)88(141)118-117-48(3)50-20-24-54(25-21-50)122-70(124)40-68(82(122)135)147-46-65(84(138)139)114-80(133)64(38-72(127)128)113-78(131)61(17-12-32-104-91(100)101)110-79(132)63(37-71(125)126)112-77(130)60(16-11-31-103-90(98)99)108-69(123)27-26-62(83(136)137)111-76(129)51-18-22-52(23-19-51)105-43-53-44-106-75-73(107-53)81(134)116-92(102)115-75/h9-10,13-15,18-25,29,36,39,44,49,60-65,68,85-87,105,109,140,143-144H,7-8,11-12,16-17,26-28,30-35,37-38,40-43,45-47H2,1-6H3,(H,108,123)(H,110,132)(H,111,129)(H,112,130)(H,113,131)(H,114,133)(H,118,141)(H,125,126)(H,127,128)(H,136,137)(H,138,139)(H4,98,99,103)(H4,100,101,104)(H3,102,106,115,116,134)/b117-48+/t49-,60+,61+,62+,63+,64+,65+,68?,85+,86-,87-,93+,94-,95-,96+,97+/m1/s1. The van der Waals surface area contributed by atoms with Gasteiger partial charge in [-0.25, -0.2) is 29.9 Å². The van der Waals surface area contributed by atoms with Crippen molar-refractivity contribution in [2.75, 3.05) is 93.7 Å². The third-order valence-electron chi connectivity index (χ3n) is 28.9. The fourth-order valence-electron chi connectivity index (χ4n) is 22.0. The number of aromatic nitrogens is 5. The molecule has 14 rings (SSSR count). The van der Waals surface area contributed by atoms with Gasteiger partial charge in [-0.05, 0) is 155 Å². The van der Waals surface area contributed by atoms with Crippen LogP contribution in [-0.4, -0.2) is 315 Å². The maximum atomic E-state index is 15.8. The Kier molecular flexibility index (Phi) is 32.7. The molecule has 49 nitrogen and oxygen atoms in total. The lowest BCUT2D eigenvalue weighted by Crippen LogP contribution is -2.81. The number of rotatable bonds is 43. The summed E-state index contributed by atoms with van der Waals surface area (Å²) in [6.45, 7) is 7.88. The lowest BCUT2D eigenvalue weighted by Gasteiger charge is -2.63. The van der Waals surface area contributed by atoms with Gasteiger partial charge in [0, 0.05) is 127 Å². The summed E-state index contributed by atoms with van der Waals surface area (Å²) >= 11 is 0.641. The molecule has 2 unspecified atom stereocenters. The number of hydrogen-bond acceptors (Lipinski definition) is 32. The second kappa shape index (κ2) is 44.7. The van der Waals surface area contributed by atoms with E-state index in [2.05, 4.69) is 93.1 Å². The van der Waals surface area contributed by atoms with Crippen molar-refractivity contribution in [3.8, 4) is 5.75 Å². The number of imide groups is 1. The van der Waals surface area contributed by atoms with Gasteiger partial charge in [0.2, 0.25) is 47.3 Å². The minimum atomic E-state index is -2.66. The van der Waals surface area contributed by atoms with Crippen molar-refractivity contribution in [2.45, 2.75) is 205 Å². The number of hydrogen-bond donors (Lipinski definition) is 24. The molecule has 17 atom stereocenters. The number of carboxylic acids is 4. The second-order valence-corrected chi connectivity index (χ2v) is 39.3. The number of carboxylic acid groups (broad SMARTS) is 4. The summed E-state index contributed by atoms with van der Waals surface area (Å²) in [7, 11) is 4.64. The van der Waals surface area contributed by atoms with Gasteiger partial charge >= 0.3 is 29.8 Å². The number of benzene rings is 4. The van der Waals surface area contributed by atoms with Crippen LogP contribution in [0.3, 0.4) is 0 Å². The largest absolute Gasteiger partial charge is 0.496 e. The molecule has 1 aliphatic carbocycles. The Morgan fingerprint density at radius 1 is 0.714 bits per heavy atom. The Hall–Kier alpha value is -15.3. The summed E-state index contributed by atoms with van der Waals surface area (Å²) in [5, 5.41) is 121. The lowest BCUT2D eigenvalue weighted by atomic mass is 9.47. The summed E-state index contributed by atoms with van der Waals surface area (Å²) in [4.78, 5) is 232. The quantitative estimate of drug-likeness (QED) is 0.00415. The molecule has 2 bridgehead atoms. The van der Waals surface area contributed by atoms with Crippen LogP contribution < -0.4 is 90.6 Å². The van der Waals surface area contributed by atoms with Crippen LogP contribution >= 0.6 is 11.8 Å². The molecule has 7 aromatic rings. The average molecular weight is 2050 g/mol. The number of nitrogens with one attached hydrogen (secondary N) is 14. The Morgan fingerprint density at radius 3 is 1.96 bits per heavy atom. The van der Waals surface area contributed by atoms with Crippen LogP contribution in [0.4, 0.5) is 23.0 Å². The SMILES string of the molecule is CC[C@]1(O)C[C@H]2CN(CCc3c([nH]c4ccccc34)[C@@](C(=O)OC)(c3cc4c(cc3OC)N(C)[C@H]3[C@@](O)(C(=O)N/N=C(\C)c5ccc(N6C(=O)CC(SC[C@H](NC(=O)[C@H](CC(=O)O)NC(=O)[C@H](CCCNC(=N)N)NC(=O)[C@H](CC(=O)O)NC(=O)[C@H](CCCNC(=N)N)NC(=O)CC[C@H](NC(=O)c7ccc(NCc8cnc9nc(N)[nH]c(=O)c9n8)cc7)C(=O)O)C(=O)O)C6=O)cc5)[C@H](O)[C@]5(CC)C=CCN6CC[C@]43[C@@H]65)C2)C1. The fraction of sp³-hybridized carbons (Fsp3) is 0.474. The van der Waals surface area contributed by atoms with Crippen LogP contribution in [0.5, 0.6) is 5.75 Å². The van der Waals surface area contributed by atoms with Crippen LogP contribution in [0.1, 0.15) is 155 Å². The number of carbonyl (C=O) groups is 14. The molecule has 9 heterocycles. The number of para-hydroxylation sites is 1. The molecule has 0 radical (unpaired) electrons. The van der Waals surface area contributed by atoms with E-state index in [0.717, 1.165) is 21.4 Å². The normalized spacial score (nSPS) is 24.0. The number of thioether (sulfide) groups is 1. The topological polar surface area (TPSA) is 758 Å². The number of carbonyl (C=O) groups excluding carboxylic acids is 10. The number of fused-ring (bicyclic) bond motifs is 7. The summed E-state index contributed by atoms with van der Waals surface area (Å²) in [5.74, 6) is -18.8. The summed E-state index contributed by atoms with van der Waals surface area (Å²) in [6.07, 6.45) is 0.568. The van der Waals surface area contributed by atoms with Gasteiger partial charge in [-0.1, -0.05) is 56.3 Å². The van der Waals surface area contributed by atoms with Crippen LogP contribution in [0.2, 0.25) is 0 Å². The number of aliphatic carboxylic acids is 4. The molecule has 50 heteroatoms. The minimum Gasteiger partial charge on any atom is -0.496 e. The highest BCUT2D eigenvalue weighted by molar-refractivity contribution is 8.00. The first-order valence-electron chi connectivity index (χ1n) is 48.0. The van der Waals surface area contributed by atoms with Gasteiger partial charge < -0.3 is 120 Å². The highest BCUT2D eigenvalue weighted by atomic mass is 32.2. The van der Waals surface area contributed by atoms with Gasteiger partial charge in [-0.15, -0.1) is 11.8 Å². The molecule has 6 aliphatic heterocycles. The van der Waals surface area contributed by atoms with E-state index in [9.17, 15) is 98.1 Å². The summed E-state index contributed by atoms with van der Waals surface area (Å²) in [6, 6.07) is 10.1. The van der Waals surface area contributed by atoms with E-state index in [1.807, 2.05) is 67.3 Å². The molecule has 1 spiro atoms. The van der Waals surface area contributed by atoms with E-state index in [0.29, 0.717) is 115 Å².